The Balaban J connectivity index is 1.58. The van der Waals surface area contributed by atoms with Crippen LogP contribution < -0.4 is 11.1 Å². The van der Waals surface area contributed by atoms with Gasteiger partial charge in [0.2, 0.25) is 5.71 Å². The molecule has 0 aromatic carbocycles. The van der Waals surface area contributed by atoms with Crippen LogP contribution >= 0.6 is 0 Å². The zero-order valence-corrected chi connectivity index (χ0v) is 14.3. The van der Waals surface area contributed by atoms with E-state index in [2.05, 4.69) is 10.3 Å². The summed E-state index contributed by atoms with van der Waals surface area (Å²) in [5.41, 5.74) is 6.25. The molecule has 8 heteroatoms. The van der Waals surface area contributed by atoms with E-state index in [9.17, 15) is 9.59 Å². The Morgan fingerprint density at radius 2 is 2.04 bits per heavy atom. The number of nitrogens with zero attached hydrogens (tertiary/aromatic N) is 1. The minimum Gasteiger partial charge on any atom is -0.481 e. The van der Waals surface area contributed by atoms with Gasteiger partial charge in [-0.05, 0) is 50.2 Å². The maximum Gasteiger partial charge on any atom is 0.303 e. The highest BCUT2D eigenvalue weighted by atomic mass is 16.4. The number of amides is 1. The monoisotopic (exact) mass is 358 g/mol. The second-order valence-corrected chi connectivity index (χ2v) is 6.77. The van der Waals surface area contributed by atoms with Gasteiger partial charge in [-0.2, -0.15) is 0 Å². The van der Waals surface area contributed by atoms with Crippen molar-refractivity contribution in [1.29, 1.82) is 5.41 Å². The maximum absolute atomic E-state index is 12.4. The van der Waals surface area contributed by atoms with Crippen LogP contribution in [0.1, 0.15) is 54.6 Å². The van der Waals surface area contributed by atoms with Crippen LogP contribution in [0.3, 0.4) is 0 Å². The van der Waals surface area contributed by atoms with Crippen molar-refractivity contribution in [2.24, 2.45) is 11.7 Å². The number of hydrogen-bond donors (Lipinski definition) is 4. The number of carbonyl (C=O) groups excluding carboxylic acids is 1. The number of aromatic nitrogens is 1. The molecular weight excluding hydrogens is 336 g/mol. The van der Waals surface area contributed by atoms with Crippen LogP contribution in [0.4, 0.5) is 0 Å². The van der Waals surface area contributed by atoms with Crippen molar-refractivity contribution >= 4 is 28.8 Å². The van der Waals surface area contributed by atoms with E-state index in [1.807, 2.05) is 0 Å². The zero-order valence-electron chi connectivity index (χ0n) is 14.3. The number of nitrogen functional groups attached to an aromatic ring is 1. The molecule has 5 N–H and O–H groups in total. The number of nitrogens with one attached hydrogen (secondary N) is 2. The number of carboxylic acids is 1. The van der Waals surface area contributed by atoms with Crippen LogP contribution in [0.15, 0.2) is 22.7 Å². The number of fused-ring (bicyclic) bond motifs is 1. The Morgan fingerprint density at radius 1 is 1.31 bits per heavy atom. The molecule has 2 aromatic rings. The van der Waals surface area contributed by atoms with E-state index in [0.29, 0.717) is 29.0 Å². The average Bonchev–Trinajstić information content (AvgIpc) is 3.04. The molecule has 0 bridgehead atoms. The van der Waals surface area contributed by atoms with Crippen molar-refractivity contribution in [3.8, 4) is 0 Å². The van der Waals surface area contributed by atoms with Crippen LogP contribution in [0.25, 0.3) is 11.1 Å². The third kappa shape index (κ3) is 4.19. The fraction of sp³-hybridized carbons (Fsp3) is 0.444. The molecule has 26 heavy (non-hydrogen) atoms. The molecule has 0 unspecified atom stereocenters. The van der Waals surface area contributed by atoms with E-state index in [1.54, 1.807) is 12.1 Å². The van der Waals surface area contributed by atoms with Crippen LogP contribution in [0.2, 0.25) is 0 Å². The van der Waals surface area contributed by atoms with Crippen molar-refractivity contribution in [3.05, 3.63) is 29.7 Å². The molecule has 1 fully saturated rings. The number of nitrogens with two attached hydrogens (primary N) is 1. The van der Waals surface area contributed by atoms with E-state index in [0.717, 1.165) is 25.7 Å². The summed E-state index contributed by atoms with van der Waals surface area (Å²) in [4.78, 5) is 27.2. The predicted molar refractivity (Wildman–Crippen MR) is 95.1 cm³/mol. The lowest BCUT2D eigenvalue weighted by Gasteiger charge is -2.28. The van der Waals surface area contributed by atoms with Crippen molar-refractivity contribution in [2.45, 2.75) is 44.6 Å². The number of amidine groups is 1. The van der Waals surface area contributed by atoms with Gasteiger partial charge < -0.3 is 20.6 Å². The van der Waals surface area contributed by atoms with Crippen molar-refractivity contribution < 1.29 is 19.1 Å². The summed E-state index contributed by atoms with van der Waals surface area (Å²) in [6.07, 6.45) is 5.85. The Bertz CT molecular complexity index is 837. The summed E-state index contributed by atoms with van der Waals surface area (Å²) < 4.78 is 5.49. The quantitative estimate of drug-likeness (QED) is 0.461. The summed E-state index contributed by atoms with van der Waals surface area (Å²) in [5, 5.41) is 19.8. The topological polar surface area (TPSA) is 142 Å². The van der Waals surface area contributed by atoms with Gasteiger partial charge >= 0.3 is 5.97 Å². The van der Waals surface area contributed by atoms with E-state index in [-0.39, 0.29) is 30.0 Å². The molecule has 1 saturated carbocycles. The lowest BCUT2D eigenvalue weighted by Crippen LogP contribution is -2.37. The van der Waals surface area contributed by atoms with Crippen LogP contribution in [-0.4, -0.2) is 33.8 Å². The molecule has 138 valence electrons. The highest BCUT2D eigenvalue weighted by molar-refractivity contribution is 5.99. The number of carbonyl (C=O) groups is 2. The minimum atomic E-state index is -0.758. The second-order valence-electron chi connectivity index (χ2n) is 6.77. The Labute approximate surface area is 150 Å². The fourth-order valence-corrected chi connectivity index (χ4v) is 3.37. The third-order valence-corrected chi connectivity index (χ3v) is 4.86. The zero-order chi connectivity index (χ0) is 18.7. The van der Waals surface area contributed by atoms with Gasteiger partial charge in [0.15, 0.2) is 5.76 Å². The summed E-state index contributed by atoms with van der Waals surface area (Å²) in [7, 11) is 0. The van der Waals surface area contributed by atoms with Crippen molar-refractivity contribution in [2.75, 3.05) is 0 Å². The van der Waals surface area contributed by atoms with Gasteiger partial charge in [-0.15, -0.1) is 0 Å². The SMILES string of the molecule is N=C(N)c1cnc2oc(C(=O)NC3CCC(CCC(=O)O)CC3)cc2c1. The molecular formula is C18H22N4O4. The number of aliphatic carboxylic acids is 1. The number of pyridine rings is 1. The Kier molecular flexibility index (Phi) is 5.20. The molecule has 0 atom stereocenters. The molecule has 0 aliphatic heterocycles. The highest BCUT2D eigenvalue weighted by Gasteiger charge is 2.24. The van der Waals surface area contributed by atoms with Gasteiger partial charge in [-0.3, -0.25) is 15.0 Å². The molecule has 1 aliphatic carbocycles. The third-order valence-electron chi connectivity index (χ3n) is 4.86. The molecule has 1 amide bonds. The van der Waals surface area contributed by atoms with Gasteiger partial charge in [-0.1, -0.05) is 0 Å². The van der Waals surface area contributed by atoms with Gasteiger partial charge in [0.1, 0.15) is 5.84 Å². The molecule has 0 radical (unpaired) electrons. The van der Waals surface area contributed by atoms with Gasteiger partial charge in [-0.25, -0.2) is 4.98 Å². The molecule has 3 rings (SSSR count). The second kappa shape index (κ2) is 7.55. The highest BCUT2D eigenvalue weighted by Crippen LogP contribution is 2.28. The first kappa shape index (κ1) is 17.9. The maximum atomic E-state index is 12.4. The lowest BCUT2D eigenvalue weighted by atomic mass is 9.83. The largest absolute Gasteiger partial charge is 0.481 e. The van der Waals surface area contributed by atoms with E-state index in [4.69, 9.17) is 20.7 Å². The molecule has 2 aromatic heterocycles. The molecule has 0 spiro atoms. The molecule has 8 nitrogen and oxygen atoms in total. The average molecular weight is 358 g/mol. The first-order chi connectivity index (χ1) is 12.4. The summed E-state index contributed by atoms with van der Waals surface area (Å²) in [6, 6.07) is 3.33. The van der Waals surface area contributed by atoms with E-state index >= 15 is 0 Å². The van der Waals surface area contributed by atoms with Crippen LogP contribution in [0.5, 0.6) is 0 Å². The van der Waals surface area contributed by atoms with E-state index < -0.39 is 5.97 Å². The van der Waals surface area contributed by atoms with Crippen LogP contribution in [0, 0.1) is 11.3 Å². The Hall–Kier alpha value is -2.90. The first-order valence-corrected chi connectivity index (χ1v) is 8.69. The summed E-state index contributed by atoms with van der Waals surface area (Å²) >= 11 is 0. The molecule has 1 aliphatic rings. The van der Waals surface area contributed by atoms with E-state index in [1.165, 1.54) is 6.20 Å². The first-order valence-electron chi connectivity index (χ1n) is 8.69. The smallest absolute Gasteiger partial charge is 0.303 e. The number of carboxylic acid groups (broad SMARTS) is 1. The summed E-state index contributed by atoms with van der Waals surface area (Å²) in [5.74, 6) is -0.541. The number of furan rings is 1. The van der Waals surface area contributed by atoms with Gasteiger partial charge in [0.25, 0.3) is 5.91 Å². The minimum absolute atomic E-state index is 0.0672. The fourth-order valence-electron chi connectivity index (χ4n) is 3.37. The molecule has 2 heterocycles. The van der Waals surface area contributed by atoms with Gasteiger partial charge in [0.05, 0.1) is 0 Å². The normalized spacial score (nSPS) is 20.0. The standard InChI is InChI=1S/C18H22N4O4/c19-16(20)12-7-11-8-14(26-18(11)21-9-12)17(25)22-13-4-1-10(2-5-13)3-6-15(23)24/h7-10,13H,1-6H2,(H3,19,20)(H,22,25)(H,23,24). The van der Waals surface area contributed by atoms with Crippen molar-refractivity contribution in [1.82, 2.24) is 10.3 Å². The lowest BCUT2D eigenvalue weighted by molar-refractivity contribution is -0.137. The van der Waals surface area contributed by atoms with Crippen LogP contribution in [-0.2, 0) is 4.79 Å². The summed E-state index contributed by atoms with van der Waals surface area (Å²) in [6.45, 7) is 0. The number of rotatable bonds is 6. The van der Waals surface area contributed by atoms with Crippen molar-refractivity contribution in [3.63, 3.8) is 0 Å². The predicted octanol–water partition coefficient (Wildman–Crippen LogP) is 2.27. The Morgan fingerprint density at radius 3 is 2.69 bits per heavy atom. The molecule has 0 saturated heterocycles. The number of hydrogen-bond acceptors (Lipinski definition) is 5. The van der Waals surface area contributed by atoms with Gasteiger partial charge in [0, 0.05) is 29.6 Å².